The molecule has 1 saturated heterocycles. The first kappa shape index (κ1) is 11.5. The third kappa shape index (κ3) is 2.39. The van der Waals surface area contributed by atoms with Crippen LogP contribution in [0.1, 0.15) is 23.2 Å². The lowest BCUT2D eigenvalue weighted by Gasteiger charge is -2.31. The van der Waals surface area contributed by atoms with E-state index in [1.807, 2.05) is 29.2 Å². The van der Waals surface area contributed by atoms with E-state index < -0.39 is 0 Å². The van der Waals surface area contributed by atoms with E-state index in [2.05, 4.69) is 12.6 Å². The lowest BCUT2D eigenvalue weighted by molar-refractivity contribution is 0.0705. The molecule has 0 spiro atoms. The molecule has 0 bridgehead atoms. The van der Waals surface area contributed by atoms with Gasteiger partial charge in [0.25, 0.3) is 5.91 Å². The average molecular weight is 236 g/mol. The first-order valence-electron chi connectivity index (χ1n) is 5.51. The van der Waals surface area contributed by atoms with Crippen LogP contribution in [0.4, 0.5) is 0 Å². The maximum atomic E-state index is 12.2. The minimum Gasteiger partial charge on any atom is -0.337 e. The van der Waals surface area contributed by atoms with Gasteiger partial charge in [-0.1, -0.05) is 12.1 Å². The fourth-order valence-corrected chi connectivity index (χ4v) is 2.28. The van der Waals surface area contributed by atoms with Gasteiger partial charge in [-0.05, 0) is 25.0 Å². The van der Waals surface area contributed by atoms with Crippen LogP contribution in [0.5, 0.6) is 0 Å². The van der Waals surface area contributed by atoms with Gasteiger partial charge < -0.3 is 10.6 Å². The maximum Gasteiger partial charge on any atom is 0.255 e. The molecule has 3 nitrogen and oxygen atoms in total. The number of thiol groups is 1. The van der Waals surface area contributed by atoms with Crippen molar-refractivity contribution in [3.05, 3.63) is 29.8 Å². The van der Waals surface area contributed by atoms with Crippen molar-refractivity contribution in [2.45, 2.75) is 23.8 Å². The highest BCUT2D eigenvalue weighted by molar-refractivity contribution is 7.80. The Kier molecular flexibility index (Phi) is 3.51. The summed E-state index contributed by atoms with van der Waals surface area (Å²) in [5, 5.41) is 0. The summed E-state index contributed by atoms with van der Waals surface area (Å²) in [4.78, 5) is 14.7. The molecule has 16 heavy (non-hydrogen) atoms. The molecule has 1 amide bonds. The number of rotatable bonds is 1. The third-order valence-corrected chi connectivity index (χ3v) is 3.27. The van der Waals surface area contributed by atoms with Crippen molar-refractivity contribution in [3.63, 3.8) is 0 Å². The first-order valence-corrected chi connectivity index (χ1v) is 5.96. The highest BCUT2D eigenvalue weighted by Crippen LogP contribution is 2.18. The number of carbonyl (C=O) groups is 1. The highest BCUT2D eigenvalue weighted by atomic mass is 32.1. The van der Waals surface area contributed by atoms with Crippen LogP contribution in [0.15, 0.2) is 29.2 Å². The average Bonchev–Trinajstić information content (AvgIpc) is 2.29. The number of amides is 1. The van der Waals surface area contributed by atoms with Gasteiger partial charge in [-0.3, -0.25) is 4.79 Å². The molecule has 1 heterocycles. The predicted octanol–water partition coefficient (Wildman–Crippen LogP) is 1.54. The first-order chi connectivity index (χ1) is 7.68. The number of likely N-dealkylation sites (tertiary alicyclic amines) is 1. The zero-order valence-corrected chi connectivity index (χ0v) is 9.99. The van der Waals surface area contributed by atoms with E-state index in [0.717, 1.165) is 24.3 Å². The van der Waals surface area contributed by atoms with Crippen molar-refractivity contribution in [1.29, 1.82) is 0 Å². The Morgan fingerprint density at radius 3 is 2.88 bits per heavy atom. The number of hydrogen-bond donors (Lipinski definition) is 2. The van der Waals surface area contributed by atoms with E-state index in [4.69, 9.17) is 5.73 Å². The van der Waals surface area contributed by atoms with Gasteiger partial charge in [-0.2, -0.15) is 0 Å². The van der Waals surface area contributed by atoms with Gasteiger partial charge in [-0.25, -0.2) is 0 Å². The quantitative estimate of drug-likeness (QED) is 0.727. The Bertz CT molecular complexity index is 394. The summed E-state index contributed by atoms with van der Waals surface area (Å²) < 4.78 is 0. The molecule has 0 radical (unpaired) electrons. The molecule has 1 atom stereocenters. The molecular formula is C12H16N2OS. The van der Waals surface area contributed by atoms with Crippen LogP contribution in [0, 0.1) is 0 Å². The fourth-order valence-electron chi connectivity index (χ4n) is 2.02. The van der Waals surface area contributed by atoms with E-state index in [1.54, 1.807) is 0 Å². The van der Waals surface area contributed by atoms with Gasteiger partial charge in [0.15, 0.2) is 0 Å². The van der Waals surface area contributed by atoms with Crippen LogP contribution in [-0.4, -0.2) is 29.9 Å². The monoisotopic (exact) mass is 236 g/mol. The molecule has 1 unspecified atom stereocenters. The third-order valence-electron chi connectivity index (χ3n) is 2.88. The second kappa shape index (κ2) is 4.89. The summed E-state index contributed by atoms with van der Waals surface area (Å²) in [6.07, 6.45) is 1.99. The van der Waals surface area contributed by atoms with Crippen LogP contribution in [0.2, 0.25) is 0 Å². The zero-order valence-electron chi connectivity index (χ0n) is 9.10. The Morgan fingerprint density at radius 2 is 2.19 bits per heavy atom. The summed E-state index contributed by atoms with van der Waals surface area (Å²) in [5.41, 5.74) is 6.53. The minimum absolute atomic E-state index is 0.0424. The normalized spacial score (nSPS) is 20.9. The standard InChI is InChI=1S/C12H16N2OS/c13-9-4-3-7-14(8-9)12(15)10-5-1-2-6-11(10)16/h1-2,5-6,9,16H,3-4,7-8,13H2. The molecule has 4 heteroatoms. The van der Waals surface area contributed by atoms with E-state index in [9.17, 15) is 4.79 Å². The van der Waals surface area contributed by atoms with Gasteiger partial charge in [-0.15, -0.1) is 12.6 Å². The van der Waals surface area contributed by atoms with Crippen LogP contribution in [-0.2, 0) is 0 Å². The molecule has 0 aromatic heterocycles. The summed E-state index contributed by atoms with van der Waals surface area (Å²) in [7, 11) is 0. The summed E-state index contributed by atoms with van der Waals surface area (Å²) in [6.45, 7) is 1.45. The molecule has 1 aromatic carbocycles. The maximum absolute atomic E-state index is 12.2. The molecule has 1 fully saturated rings. The smallest absolute Gasteiger partial charge is 0.255 e. The van der Waals surface area contributed by atoms with Crippen molar-refractivity contribution < 1.29 is 4.79 Å². The second-order valence-electron chi connectivity index (χ2n) is 4.17. The van der Waals surface area contributed by atoms with Crippen molar-refractivity contribution in [2.75, 3.05) is 13.1 Å². The van der Waals surface area contributed by atoms with E-state index >= 15 is 0 Å². The van der Waals surface area contributed by atoms with Crippen molar-refractivity contribution in [3.8, 4) is 0 Å². The summed E-state index contributed by atoms with van der Waals surface area (Å²) >= 11 is 4.30. The van der Waals surface area contributed by atoms with Crippen LogP contribution in [0.3, 0.4) is 0 Å². The second-order valence-corrected chi connectivity index (χ2v) is 4.65. The Hall–Kier alpha value is -1.00. The summed E-state index contributed by atoms with van der Waals surface area (Å²) in [6, 6.07) is 7.49. The zero-order chi connectivity index (χ0) is 11.5. The number of nitrogens with zero attached hydrogens (tertiary/aromatic N) is 1. The van der Waals surface area contributed by atoms with Crippen LogP contribution >= 0.6 is 12.6 Å². The predicted molar refractivity (Wildman–Crippen MR) is 66.8 cm³/mol. The lowest BCUT2D eigenvalue weighted by atomic mass is 10.1. The molecule has 2 rings (SSSR count). The Balaban J connectivity index is 2.16. The van der Waals surface area contributed by atoms with E-state index in [0.29, 0.717) is 12.1 Å². The summed E-state index contributed by atoms with van der Waals surface area (Å²) in [5.74, 6) is 0.0424. The topological polar surface area (TPSA) is 46.3 Å². The van der Waals surface area contributed by atoms with Crippen molar-refractivity contribution in [1.82, 2.24) is 4.90 Å². The number of piperidine rings is 1. The van der Waals surface area contributed by atoms with Gasteiger partial charge in [0.05, 0.1) is 5.56 Å². The number of carbonyl (C=O) groups excluding carboxylic acids is 1. The molecule has 2 N–H and O–H groups in total. The molecule has 1 aliphatic heterocycles. The Labute approximate surface area is 101 Å². The number of nitrogens with two attached hydrogens (primary N) is 1. The van der Waals surface area contributed by atoms with Gasteiger partial charge in [0.2, 0.25) is 0 Å². The van der Waals surface area contributed by atoms with Gasteiger partial charge in [0, 0.05) is 24.0 Å². The van der Waals surface area contributed by atoms with E-state index in [1.165, 1.54) is 0 Å². The SMILES string of the molecule is NC1CCCN(C(=O)c2ccccc2S)C1. The highest BCUT2D eigenvalue weighted by Gasteiger charge is 2.23. The molecule has 0 aliphatic carbocycles. The van der Waals surface area contributed by atoms with Crippen molar-refractivity contribution >= 4 is 18.5 Å². The largest absolute Gasteiger partial charge is 0.337 e. The number of benzene rings is 1. The minimum atomic E-state index is 0.0424. The van der Waals surface area contributed by atoms with Crippen molar-refractivity contribution in [2.24, 2.45) is 5.73 Å². The number of hydrogen-bond acceptors (Lipinski definition) is 3. The molecule has 1 aromatic rings. The van der Waals surface area contributed by atoms with E-state index in [-0.39, 0.29) is 11.9 Å². The molecule has 86 valence electrons. The van der Waals surface area contributed by atoms with Crippen LogP contribution in [0.25, 0.3) is 0 Å². The molecule has 0 saturated carbocycles. The van der Waals surface area contributed by atoms with Crippen LogP contribution < -0.4 is 5.73 Å². The van der Waals surface area contributed by atoms with Gasteiger partial charge in [0.1, 0.15) is 0 Å². The molecular weight excluding hydrogens is 220 g/mol. The lowest BCUT2D eigenvalue weighted by Crippen LogP contribution is -2.45. The molecule has 1 aliphatic rings. The fraction of sp³-hybridized carbons (Fsp3) is 0.417. The van der Waals surface area contributed by atoms with Gasteiger partial charge >= 0.3 is 0 Å². The Morgan fingerprint density at radius 1 is 1.44 bits per heavy atom.